The SMILES string of the molecule is COc1cccc(CN2CCN(C(c3cc4ccc(C)c(C)c4[nH]c3=O)c3nnnn3Cc3ccccc3)CC2)c1. The molecule has 1 unspecified atom stereocenters. The highest BCUT2D eigenvalue weighted by Gasteiger charge is 2.33. The van der Waals surface area contributed by atoms with E-state index in [0.717, 1.165) is 66.1 Å². The number of benzene rings is 3. The second-order valence-corrected chi connectivity index (χ2v) is 10.8. The van der Waals surface area contributed by atoms with Gasteiger partial charge in [0.15, 0.2) is 5.82 Å². The number of aromatic amines is 1. The Balaban J connectivity index is 1.34. The summed E-state index contributed by atoms with van der Waals surface area (Å²) < 4.78 is 7.24. The highest BCUT2D eigenvalue weighted by Crippen LogP contribution is 2.29. The summed E-state index contributed by atoms with van der Waals surface area (Å²) in [7, 11) is 1.69. The van der Waals surface area contributed by atoms with Gasteiger partial charge in [0.25, 0.3) is 5.56 Å². The van der Waals surface area contributed by atoms with Crippen molar-refractivity contribution in [2.75, 3.05) is 33.3 Å². The number of aromatic nitrogens is 5. The van der Waals surface area contributed by atoms with E-state index < -0.39 is 0 Å². The van der Waals surface area contributed by atoms with Crippen LogP contribution in [0.2, 0.25) is 0 Å². The van der Waals surface area contributed by atoms with Gasteiger partial charge in [0.05, 0.1) is 19.2 Å². The predicted molar refractivity (Wildman–Crippen MR) is 159 cm³/mol. The predicted octanol–water partition coefficient (Wildman–Crippen LogP) is 4.10. The molecular weight excluding hydrogens is 514 g/mol. The summed E-state index contributed by atoms with van der Waals surface area (Å²) >= 11 is 0. The molecule has 1 aliphatic rings. The van der Waals surface area contributed by atoms with Gasteiger partial charge < -0.3 is 9.72 Å². The van der Waals surface area contributed by atoms with Crippen molar-refractivity contribution in [3.05, 3.63) is 117 Å². The maximum atomic E-state index is 13.7. The third kappa shape index (κ3) is 5.64. The molecule has 9 nitrogen and oxygen atoms in total. The molecule has 0 saturated carbocycles. The molecule has 41 heavy (non-hydrogen) atoms. The van der Waals surface area contributed by atoms with Gasteiger partial charge in [0.2, 0.25) is 0 Å². The van der Waals surface area contributed by atoms with E-state index in [9.17, 15) is 4.79 Å². The Hall–Kier alpha value is -4.34. The standard InChI is InChI=1S/C32H35N7O2/c1-22-12-13-26-19-28(32(40)33-29(26)23(22)2)30(31-34-35-36-39(31)21-24-8-5-4-6-9-24)38-16-14-37(15-17-38)20-25-10-7-11-27(18-25)41-3/h4-13,18-19,30H,14-17,20-21H2,1-3H3,(H,33,40). The highest BCUT2D eigenvalue weighted by molar-refractivity contribution is 5.83. The van der Waals surface area contributed by atoms with Gasteiger partial charge in [-0.05, 0) is 70.1 Å². The number of methoxy groups -OCH3 is 1. The lowest BCUT2D eigenvalue weighted by Crippen LogP contribution is -2.48. The van der Waals surface area contributed by atoms with E-state index in [1.54, 1.807) is 7.11 Å². The van der Waals surface area contributed by atoms with Crippen molar-refractivity contribution in [2.24, 2.45) is 0 Å². The van der Waals surface area contributed by atoms with Crippen LogP contribution in [0, 0.1) is 13.8 Å². The summed E-state index contributed by atoms with van der Waals surface area (Å²) in [4.78, 5) is 21.7. The molecule has 1 aliphatic heterocycles. The average Bonchev–Trinajstić information content (AvgIpc) is 3.45. The van der Waals surface area contributed by atoms with Crippen molar-refractivity contribution in [1.29, 1.82) is 0 Å². The molecular formula is C32H35N7O2. The molecule has 1 atom stereocenters. The molecule has 6 rings (SSSR count). The van der Waals surface area contributed by atoms with Crippen molar-refractivity contribution in [3.63, 3.8) is 0 Å². The molecule has 0 radical (unpaired) electrons. The molecule has 0 spiro atoms. The van der Waals surface area contributed by atoms with Gasteiger partial charge in [-0.25, -0.2) is 4.68 Å². The molecule has 210 valence electrons. The number of nitrogens with zero attached hydrogens (tertiary/aromatic N) is 6. The first-order chi connectivity index (χ1) is 20.0. The van der Waals surface area contributed by atoms with Crippen LogP contribution in [0.15, 0.2) is 77.6 Å². The van der Waals surface area contributed by atoms with Crippen molar-refractivity contribution in [3.8, 4) is 5.75 Å². The summed E-state index contributed by atoms with van der Waals surface area (Å²) in [6, 6.07) is 24.2. The van der Waals surface area contributed by atoms with Crippen LogP contribution < -0.4 is 10.3 Å². The Bertz CT molecular complexity index is 1700. The quantitative estimate of drug-likeness (QED) is 0.312. The fourth-order valence-corrected chi connectivity index (χ4v) is 5.73. The van der Waals surface area contributed by atoms with E-state index >= 15 is 0 Å². The monoisotopic (exact) mass is 549 g/mol. The first kappa shape index (κ1) is 26.9. The number of tetrazole rings is 1. The molecule has 0 amide bonds. The smallest absolute Gasteiger partial charge is 0.253 e. The fourth-order valence-electron chi connectivity index (χ4n) is 5.73. The number of nitrogens with one attached hydrogen (secondary N) is 1. The van der Waals surface area contributed by atoms with Gasteiger partial charge in [0.1, 0.15) is 11.8 Å². The number of ether oxygens (including phenoxy) is 1. The van der Waals surface area contributed by atoms with E-state index in [0.29, 0.717) is 17.9 Å². The van der Waals surface area contributed by atoms with Gasteiger partial charge >= 0.3 is 0 Å². The number of H-pyrrole nitrogens is 1. The summed E-state index contributed by atoms with van der Waals surface area (Å²) in [6.07, 6.45) is 0. The Morgan fingerprint density at radius 1 is 0.902 bits per heavy atom. The molecule has 1 fully saturated rings. The molecule has 1 N–H and O–H groups in total. The van der Waals surface area contributed by atoms with E-state index in [1.807, 2.05) is 48.0 Å². The van der Waals surface area contributed by atoms with Crippen molar-refractivity contribution < 1.29 is 4.74 Å². The average molecular weight is 550 g/mol. The molecule has 3 heterocycles. The maximum absolute atomic E-state index is 13.7. The van der Waals surface area contributed by atoms with Gasteiger partial charge in [-0.1, -0.05) is 54.6 Å². The van der Waals surface area contributed by atoms with Gasteiger partial charge in [-0.3, -0.25) is 14.6 Å². The number of hydrogen-bond acceptors (Lipinski definition) is 7. The Kier molecular flexibility index (Phi) is 7.63. The Morgan fingerprint density at radius 2 is 1.68 bits per heavy atom. The normalized spacial score (nSPS) is 15.3. The molecule has 3 aromatic carbocycles. The number of rotatable bonds is 8. The van der Waals surface area contributed by atoms with E-state index in [2.05, 4.69) is 73.6 Å². The lowest BCUT2D eigenvalue weighted by molar-refractivity contribution is 0.0998. The van der Waals surface area contributed by atoms with Gasteiger partial charge in [-0.2, -0.15) is 0 Å². The minimum absolute atomic E-state index is 0.107. The summed E-state index contributed by atoms with van der Waals surface area (Å²) in [5, 5.41) is 13.9. The molecule has 0 aliphatic carbocycles. The lowest BCUT2D eigenvalue weighted by atomic mass is 9.99. The zero-order valence-corrected chi connectivity index (χ0v) is 23.7. The first-order valence-corrected chi connectivity index (χ1v) is 14.0. The highest BCUT2D eigenvalue weighted by atomic mass is 16.5. The first-order valence-electron chi connectivity index (χ1n) is 14.0. The van der Waals surface area contributed by atoms with Crippen LogP contribution in [0.5, 0.6) is 5.75 Å². The number of fused-ring (bicyclic) bond motifs is 1. The van der Waals surface area contributed by atoms with Crippen molar-refractivity contribution in [2.45, 2.75) is 33.0 Å². The second kappa shape index (κ2) is 11.6. The number of pyridine rings is 1. The zero-order chi connectivity index (χ0) is 28.3. The van der Waals surface area contributed by atoms with Crippen molar-refractivity contribution in [1.82, 2.24) is 35.0 Å². The van der Waals surface area contributed by atoms with Gasteiger partial charge in [-0.15, -0.1) is 5.10 Å². The van der Waals surface area contributed by atoms with Crippen LogP contribution in [0.1, 0.15) is 39.7 Å². The van der Waals surface area contributed by atoms with Crippen LogP contribution in [0.25, 0.3) is 10.9 Å². The van der Waals surface area contributed by atoms with Crippen molar-refractivity contribution >= 4 is 10.9 Å². The fraction of sp³-hybridized carbons (Fsp3) is 0.312. The minimum atomic E-state index is -0.387. The van der Waals surface area contributed by atoms with Crippen LogP contribution in [0.4, 0.5) is 0 Å². The Labute approximate surface area is 239 Å². The topological polar surface area (TPSA) is 92.2 Å². The van der Waals surface area contributed by atoms with E-state index in [-0.39, 0.29) is 11.6 Å². The number of piperazine rings is 1. The third-order valence-corrected chi connectivity index (χ3v) is 8.17. The third-order valence-electron chi connectivity index (χ3n) is 8.17. The summed E-state index contributed by atoms with van der Waals surface area (Å²) in [5.41, 5.74) is 5.98. The molecule has 2 aromatic heterocycles. The lowest BCUT2D eigenvalue weighted by Gasteiger charge is -2.38. The maximum Gasteiger partial charge on any atom is 0.253 e. The van der Waals surface area contributed by atoms with Crippen LogP contribution in [-0.2, 0) is 13.1 Å². The number of aryl methyl sites for hydroxylation is 2. The molecule has 9 heteroatoms. The van der Waals surface area contributed by atoms with Crippen LogP contribution in [0.3, 0.4) is 0 Å². The summed E-state index contributed by atoms with van der Waals surface area (Å²) in [5.74, 6) is 1.54. The Morgan fingerprint density at radius 3 is 2.46 bits per heavy atom. The summed E-state index contributed by atoms with van der Waals surface area (Å²) in [6.45, 7) is 8.75. The van der Waals surface area contributed by atoms with E-state index in [4.69, 9.17) is 4.74 Å². The second-order valence-electron chi connectivity index (χ2n) is 10.8. The number of hydrogen-bond donors (Lipinski definition) is 1. The largest absolute Gasteiger partial charge is 0.497 e. The molecule has 1 saturated heterocycles. The van der Waals surface area contributed by atoms with E-state index in [1.165, 1.54) is 5.56 Å². The van der Waals surface area contributed by atoms with Crippen LogP contribution in [-0.4, -0.2) is 68.3 Å². The molecule has 0 bridgehead atoms. The molecule has 5 aromatic rings. The zero-order valence-electron chi connectivity index (χ0n) is 23.7. The van der Waals surface area contributed by atoms with Gasteiger partial charge in [0, 0.05) is 38.3 Å². The minimum Gasteiger partial charge on any atom is -0.497 e. The van der Waals surface area contributed by atoms with Crippen LogP contribution >= 0.6 is 0 Å².